The minimum Gasteiger partial charge on any atom is -0.444 e. The lowest BCUT2D eigenvalue weighted by Crippen LogP contribution is -2.52. The van der Waals surface area contributed by atoms with Gasteiger partial charge in [-0.05, 0) is 50.6 Å². The lowest BCUT2D eigenvalue weighted by molar-refractivity contribution is -0.0162. The minimum absolute atomic E-state index is 0.218. The van der Waals surface area contributed by atoms with E-state index in [0.717, 1.165) is 11.2 Å². The Balaban J connectivity index is 1.23. The van der Waals surface area contributed by atoms with E-state index in [2.05, 4.69) is 10.3 Å². The van der Waals surface area contributed by atoms with Crippen LogP contribution < -0.4 is 5.32 Å². The Hall–Kier alpha value is -3.48. The van der Waals surface area contributed by atoms with Crippen LogP contribution >= 0.6 is 0 Å². The van der Waals surface area contributed by atoms with Crippen LogP contribution in [0, 0.1) is 4.78 Å². The van der Waals surface area contributed by atoms with Gasteiger partial charge in [0.05, 0.1) is 35.8 Å². The number of ether oxygens (including phenoxy) is 2. The maximum atomic E-state index is 13.8. The summed E-state index contributed by atoms with van der Waals surface area (Å²) in [6.07, 6.45) is 4.39. The fourth-order valence-electron chi connectivity index (χ4n) is 4.72. The summed E-state index contributed by atoms with van der Waals surface area (Å²) in [5.41, 5.74) is 1.47. The number of imidazole rings is 1. The van der Waals surface area contributed by atoms with Crippen LogP contribution in [0.5, 0.6) is 0 Å². The van der Waals surface area contributed by atoms with Crippen molar-refractivity contribution in [2.24, 2.45) is 0 Å². The molecular weight excluding hydrogens is 508 g/mol. The zero-order chi connectivity index (χ0) is 27.1. The molecule has 5 rings (SSSR count). The summed E-state index contributed by atoms with van der Waals surface area (Å²) < 4.78 is 37.4. The number of pyridine rings is 1. The highest BCUT2D eigenvalue weighted by molar-refractivity contribution is 7.90. The average molecular weight is 541 g/mol. The van der Waals surface area contributed by atoms with E-state index >= 15 is 0 Å². The molecule has 0 bridgehead atoms. The Kier molecular flexibility index (Phi) is 6.88. The molecule has 1 aromatic carbocycles. The van der Waals surface area contributed by atoms with Crippen LogP contribution in [0.1, 0.15) is 36.7 Å². The molecule has 38 heavy (non-hydrogen) atoms. The lowest BCUT2D eigenvalue weighted by atomic mass is 10.2. The van der Waals surface area contributed by atoms with Crippen molar-refractivity contribution in [1.82, 2.24) is 23.9 Å². The first-order valence-corrected chi connectivity index (χ1v) is 14.0. The third kappa shape index (κ3) is 5.38. The van der Waals surface area contributed by atoms with Crippen molar-refractivity contribution in [2.45, 2.75) is 50.0 Å². The molecule has 12 heteroatoms. The predicted molar refractivity (Wildman–Crippen MR) is 140 cm³/mol. The Labute approximate surface area is 221 Å². The highest BCUT2D eigenvalue weighted by Crippen LogP contribution is 2.30. The number of morpholine rings is 1. The molecule has 11 nitrogen and oxygen atoms in total. The summed E-state index contributed by atoms with van der Waals surface area (Å²) in [5, 5.41) is 2.89. The molecule has 0 saturated carbocycles. The molecular formula is C26H32N6O5S. The number of amides is 2. The molecule has 2 aliphatic rings. The number of nitrogens with zero attached hydrogens (tertiary/aromatic N) is 4. The monoisotopic (exact) mass is 540 g/mol. The first kappa shape index (κ1) is 26.1. The van der Waals surface area contributed by atoms with Gasteiger partial charge in [0.2, 0.25) is 0 Å². The third-order valence-electron chi connectivity index (χ3n) is 6.58. The van der Waals surface area contributed by atoms with E-state index in [9.17, 15) is 13.8 Å². The van der Waals surface area contributed by atoms with E-state index in [1.807, 2.05) is 20.8 Å². The fourth-order valence-corrected chi connectivity index (χ4v) is 6.41. The van der Waals surface area contributed by atoms with Gasteiger partial charge in [0, 0.05) is 38.2 Å². The molecule has 0 aliphatic carbocycles. The Bertz CT molecular complexity index is 1450. The summed E-state index contributed by atoms with van der Waals surface area (Å²) in [6.45, 7) is 6.98. The van der Waals surface area contributed by atoms with Crippen LogP contribution in [0.15, 0.2) is 59.9 Å². The second-order valence-corrected chi connectivity index (χ2v) is 12.5. The number of aromatic nitrogens is 2. The zero-order valence-electron chi connectivity index (χ0n) is 21.6. The summed E-state index contributed by atoms with van der Waals surface area (Å²) in [5.74, 6) is -0.218. The quantitative estimate of drug-likeness (QED) is 0.512. The van der Waals surface area contributed by atoms with Crippen LogP contribution in [0.25, 0.3) is 5.65 Å². The second-order valence-electron chi connectivity index (χ2n) is 10.5. The number of likely N-dealkylation sites (tertiary alicyclic amines) is 1. The van der Waals surface area contributed by atoms with E-state index < -0.39 is 21.6 Å². The number of benzene rings is 1. The first-order chi connectivity index (χ1) is 18.0. The van der Waals surface area contributed by atoms with E-state index in [1.165, 1.54) is 0 Å². The molecule has 2 N–H and O–H groups in total. The topological polar surface area (TPSA) is 129 Å². The minimum atomic E-state index is -3.33. The van der Waals surface area contributed by atoms with Crippen LogP contribution in [-0.4, -0.2) is 78.8 Å². The molecule has 0 spiro atoms. The molecule has 3 atom stereocenters. The SMILES string of the molecule is CC(C)(C)OC(=O)N1CC2OCCN(S(=N)(=O)c3ccc(CNC(=O)c4ccc5nccn5c4)cc3)C2C1. The number of rotatable bonds is 5. The van der Waals surface area contributed by atoms with Gasteiger partial charge in [0.15, 0.2) is 0 Å². The van der Waals surface area contributed by atoms with Crippen molar-refractivity contribution in [3.8, 4) is 0 Å². The van der Waals surface area contributed by atoms with E-state index in [4.69, 9.17) is 14.3 Å². The molecule has 2 aliphatic heterocycles. The van der Waals surface area contributed by atoms with Crippen molar-refractivity contribution in [3.05, 3.63) is 66.1 Å². The normalized spacial score (nSPS) is 21.6. The lowest BCUT2D eigenvalue weighted by Gasteiger charge is -2.37. The maximum Gasteiger partial charge on any atom is 0.410 e. The van der Waals surface area contributed by atoms with Gasteiger partial charge >= 0.3 is 6.09 Å². The van der Waals surface area contributed by atoms with Gasteiger partial charge in [0.25, 0.3) is 5.91 Å². The molecule has 0 radical (unpaired) electrons. The molecule has 3 unspecified atom stereocenters. The summed E-state index contributed by atoms with van der Waals surface area (Å²) in [6, 6.07) is 10.00. The highest BCUT2D eigenvalue weighted by atomic mass is 32.2. The van der Waals surface area contributed by atoms with Gasteiger partial charge in [-0.3, -0.25) is 4.79 Å². The van der Waals surface area contributed by atoms with Crippen molar-refractivity contribution in [3.63, 3.8) is 0 Å². The van der Waals surface area contributed by atoms with E-state index in [-0.39, 0.29) is 31.1 Å². The molecule has 2 saturated heterocycles. The molecule has 3 aromatic rings. The second kappa shape index (κ2) is 10.0. The van der Waals surface area contributed by atoms with Crippen molar-refractivity contribution >= 4 is 27.6 Å². The molecule has 2 amide bonds. The van der Waals surface area contributed by atoms with Crippen LogP contribution in [-0.2, 0) is 25.9 Å². The fraction of sp³-hybridized carbons (Fsp3) is 0.423. The molecule has 2 fully saturated rings. The maximum absolute atomic E-state index is 13.8. The standard InChI is InChI=1S/C26H32N6O5S/c1-26(2,3)37-25(34)31-16-21-22(17-31)36-13-12-32(21)38(27,35)20-7-4-18(5-8-20)14-29-24(33)19-6-9-23-28-10-11-30(23)15-19/h4-11,15,21-22,27H,12-14,16-17H2,1-3H3,(H,29,33). The number of hydrogen-bond acceptors (Lipinski definition) is 7. The van der Waals surface area contributed by atoms with Gasteiger partial charge in [-0.2, -0.15) is 0 Å². The van der Waals surface area contributed by atoms with E-state index in [1.54, 1.807) is 68.6 Å². The smallest absolute Gasteiger partial charge is 0.410 e. The van der Waals surface area contributed by atoms with E-state index in [0.29, 0.717) is 30.2 Å². The molecule has 4 heterocycles. The average Bonchev–Trinajstić information content (AvgIpc) is 3.53. The summed E-state index contributed by atoms with van der Waals surface area (Å²) >= 11 is 0. The predicted octanol–water partition coefficient (Wildman–Crippen LogP) is 2.91. The van der Waals surface area contributed by atoms with Gasteiger partial charge in [-0.15, -0.1) is 0 Å². The zero-order valence-corrected chi connectivity index (χ0v) is 22.4. The Morgan fingerprint density at radius 2 is 1.95 bits per heavy atom. The first-order valence-electron chi connectivity index (χ1n) is 12.5. The molecule has 202 valence electrons. The van der Waals surface area contributed by atoms with Gasteiger partial charge in [-0.25, -0.2) is 23.1 Å². The van der Waals surface area contributed by atoms with Crippen LogP contribution in [0.3, 0.4) is 0 Å². The highest BCUT2D eigenvalue weighted by Gasteiger charge is 2.46. The van der Waals surface area contributed by atoms with Gasteiger partial charge in [0.1, 0.15) is 21.2 Å². The van der Waals surface area contributed by atoms with Crippen LogP contribution in [0.4, 0.5) is 4.79 Å². The Morgan fingerprint density at radius 3 is 2.68 bits per heavy atom. The number of carbonyl (C=O) groups excluding carboxylic acids is 2. The molecule has 2 aromatic heterocycles. The van der Waals surface area contributed by atoms with Crippen molar-refractivity contribution < 1.29 is 23.3 Å². The number of fused-ring (bicyclic) bond motifs is 2. The number of carbonyl (C=O) groups is 2. The van der Waals surface area contributed by atoms with Crippen molar-refractivity contribution in [1.29, 1.82) is 4.78 Å². The third-order valence-corrected chi connectivity index (χ3v) is 8.60. The number of hydrogen-bond donors (Lipinski definition) is 2. The number of nitrogens with one attached hydrogen (secondary N) is 2. The van der Waals surface area contributed by atoms with Crippen LogP contribution in [0.2, 0.25) is 0 Å². The largest absolute Gasteiger partial charge is 0.444 e. The summed E-state index contributed by atoms with van der Waals surface area (Å²) in [7, 11) is -3.33. The van der Waals surface area contributed by atoms with Gasteiger partial charge < -0.3 is 24.1 Å². The summed E-state index contributed by atoms with van der Waals surface area (Å²) in [4.78, 5) is 31.3. The van der Waals surface area contributed by atoms with Gasteiger partial charge in [-0.1, -0.05) is 12.1 Å². The Morgan fingerprint density at radius 1 is 1.18 bits per heavy atom. The van der Waals surface area contributed by atoms with Crippen molar-refractivity contribution in [2.75, 3.05) is 26.2 Å².